The van der Waals surface area contributed by atoms with Crippen LogP contribution < -0.4 is 5.73 Å². The number of cyclic esters (lactones) is 1. The lowest BCUT2D eigenvalue weighted by atomic mass is 9.82. The van der Waals surface area contributed by atoms with Crippen LogP contribution in [0.4, 0.5) is 0 Å². The Kier molecular flexibility index (Phi) is 23.6. The lowest BCUT2D eigenvalue weighted by Crippen LogP contribution is -2.61. The number of aliphatic carboxylic acids is 1. The van der Waals surface area contributed by atoms with E-state index in [0.717, 1.165) is 0 Å². The van der Waals surface area contributed by atoms with E-state index in [1.165, 1.54) is 13.0 Å². The monoisotopic (exact) mass is 923 g/mol. The number of rotatable bonds is 3. The van der Waals surface area contributed by atoms with Crippen LogP contribution in [0.3, 0.4) is 0 Å². The van der Waals surface area contributed by atoms with Crippen LogP contribution in [0.5, 0.6) is 0 Å². The number of nitrogens with two attached hydrogens (primary N) is 1. The van der Waals surface area contributed by atoms with E-state index in [-0.39, 0.29) is 38.0 Å². The number of ether oxygens (including phenoxy) is 4. The minimum atomic E-state index is -2.36. The Morgan fingerprint density at radius 3 is 1.78 bits per heavy atom. The van der Waals surface area contributed by atoms with Gasteiger partial charge >= 0.3 is 11.9 Å². The summed E-state index contributed by atoms with van der Waals surface area (Å²) in [6, 6.07) is -1.15. The molecule has 2 unspecified atom stereocenters. The molecule has 3 aliphatic rings. The molecule has 0 aromatic carbocycles. The van der Waals surface area contributed by atoms with Gasteiger partial charge in [-0.2, -0.15) is 0 Å². The van der Waals surface area contributed by atoms with Gasteiger partial charge in [0.15, 0.2) is 12.1 Å². The summed E-state index contributed by atoms with van der Waals surface area (Å²) in [6.07, 6.45) is 3.49. The number of allylic oxidation sites excluding steroid dienone is 12. The topological polar surface area (TPSA) is 320 Å². The van der Waals surface area contributed by atoms with Gasteiger partial charge in [0.1, 0.15) is 18.1 Å². The Labute approximate surface area is 381 Å². The average molecular weight is 924 g/mol. The number of carboxylic acids is 1. The molecule has 0 aliphatic carbocycles. The molecule has 65 heavy (non-hydrogen) atoms. The molecular weight excluding hydrogens is 851 g/mol. The van der Waals surface area contributed by atoms with Crippen molar-refractivity contribution in [2.45, 2.75) is 177 Å². The smallest absolute Gasteiger partial charge is 0.311 e. The highest BCUT2D eigenvalue weighted by atomic mass is 16.7. The molecule has 0 radical (unpaired) electrons. The fraction of sp³-hybridized carbons (Fsp3) is 0.660. The Balaban J connectivity index is 1.86. The lowest BCUT2D eigenvalue weighted by Gasteiger charge is -2.45. The summed E-state index contributed by atoms with van der Waals surface area (Å²) in [5, 5.41) is 118. The van der Waals surface area contributed by atoms with E-state index in [9.17, 15) is 65.8 Å². The van der Waals surface area contributed by atoms with E-state index in [4.69, 9.17) is 24.7 Å². The highest BCUT2D eigenvalue weighted by molar-refractivity contribution is 5.71. The normalized spacial score (nSPS) is 45.5. The van der Waals surface area contributed by atoms with Gasteiger partial charge in [-0.05, 0) is 39.5 Å². The molecule has 3 heterocycles. The zero-order valence-electron chi connectivity index (χ0n) is 37.6. The molecule has 2 saturated heterocycles. The van der Waals surface area contributed by atoms with Gasteiger partial charge in [0, 0.05) is 31.1 Å². The number of aliphatic hydroxyl groups excluding tert-OH is 9. The SMILES string of the molecule is C[C@@H]1[C@H](O)[C@@H](C)/C=C/C=C/C=C/C=C/C=C/C=C/C=C/[C@H](O[C@@H]2O[C@H](C)[C@@H](O)[C@H](N)[C@@H]2O)C[C@@H]2O[C@](O)(C[C@@H](O)C(O)CCC(O)C[C@@H](O)C[C@@H](O)CC(=O)O[C@H]1C)C[C@H](O)[C@H]2C(=O)O. The van der Waals surface area contributed by atoms with Gasteiger partial charge in [0.2, 0.25) is 0 Å². The van der Waals surface area contributed by atoms with E-state index in [0.29, 0.717) is 0 Å². The number of aliphatic hydroxyl groups is 10. The van der Waals surface area contributed by atoms with Crippen molar-refractivity contribution in [3.63, 3.8) is 0 Å². The summed E-state index contributed by atoms with van der Waals surface area (Å²) in [6.45, 7) is 6.74. The second kappa shape index (κ2) is 27.4. The van der Waals surface area contributed by atoms with Gasteiger partial charge in [-0.25, -0.2) is 0 Å². The van der Waals surface area contributed by atoms with Crippen molar-refractivity contribution in [2.24, 2.45) is 23.5 Å². The molecule has 0 aromatic rings. The number of carboxylic acid groups (broad SMARTS) is 1. The Morgan fingerprint density at radius 2 is 1.20 bits per heavy atom. The number of fused-ring (bicyclic) bond motifs is 2. The number of carbonyl (C=O) groups excluding carboxylic acids is 1. The quantitative estimate of drug-likeness (QED) is 0.174. The van der Waals surface area contributed by atoms with Gasteiger partial charge in [0.05, 0.1) is 79.6 Å². The van der Waals surface area contributed by atoms with Crippen LogP contribution in [0.15, 0.2) is 85.1 Å². The Bertz CT molecular complexity index is 1670. The zero-order chi connectivity index (χ0) is 48.4. The van der Waals surface area contributed by atoms with Crippen LogP contribution in [-0.4, -0.2) is 166 Å². The highest BCUT2D eigenvalue weighted by Gasteiger charge is 2.51. The zero-order valence-corrected chi connectivity index (χ0v) is 37.6. The molecule has 3 aliphatic heterocycles. The number of hydrogen-bond acceptors (Lipinski definition) is 17. The molecule has 0 amide bonds. The predicted molar refractivity (Wildman–Crippen MR) is 237 cm³/mol. The molecule has 3 rings (SSSR count). The minimum absolute atomic E-state index is 0.140. The van der Waals surface area contributed by atoms with Crippen molar-refractivity contribution in [3.8, 4) is 0 Å². The summed E-state index contributed by atoms with van der Waals surface area (Å²) < 4.78 is 23.1. The molecule has 0 spiro atoms. The van der Waals surface area contributed by atoms with Crippen molar-refractivity contribution < 1.29 is 84.7 Å². The maximum Gasteiger partial charge on any atom is 0.311 e. The lowest BCUT2D eigenvalue weighted by molar-refractivity contribution is -0.310. The van der Waals surface area contributed by atoms with Crippen LogP contribution in [0.2, 0.25) is 0 Å². The van der Waals surface area contributed by atoms with E-state index < -0.39 is 141 Å². The maximum atomic E-state index is 12.6. The fourth-order valence-electron chi connectivity index (χ4n) is 7.96. The second-order valence-electron chi connectivity index (χ2n) is 17.6. The van der Waals surface area contributed by atoms with Crippen molar-refractivity contribution in [1.82, 2.24) is 0 Å². The summed E-state index contributed by atoms with van der Waals surface area (Å²) in [4.78, 5) is 25.1. The minimum Gasteiger partial charge on any atom is -0.481 e. The van der Waals surface area contributed by atoms with Gasteiger partial charge in [-0.1, -0.05) is 98.9 Å². The molecule has 19 atom stereocenters. The molecule has 18 nitrogen and oxygen atoms in total. The van der Waals surface area contributed by atoms with Gasteiger partial charge in [-0.15, -0.1) is 0 Å². The van der Waals surface area contributed by atoms with Crippen LogP contribution in [0.1, 0.15) is 79.1 Å². The van der Waals surface area contributed by atoms with E-state index in [1.54, 1.807) is 86.8 Å². The van der Waals surface area contributed by atoms with Crippen LogP contribution in [0.25, 0.3) is 0 Å². The predicted octanol–water partition coefficient (Wildman–Crippen LogP) is 0.712. The number of hydrogen-bond donors (Lipinski definition) is 12. The van der Waals surface area contributed by atoms with E-state index >= 15 is 0 Å². The first kappa shape index (κ1) is 55.9. The largest absolute Gasteiger partial charge is 0.481 e. The van der Waals surface area contributed by atoms with Crippen LogP contribution in [-0.2, 0) is 28.5 Å². The molecule has 368 valence electrons. The highest BCUT2D eigenvalue weighted by Crippen LogP contribution is 2.38. The molecule has 13 N–H and O–H groups in total. The standard InChI is InChI=1S/C47H73NO17/c1-27-17-15-13-11-9-7-5-6-8-10-12-14-16-18-34(64-46-44(58)41(48)43(57)30(4)63-46)24-38-40(45(59)60)37(54)26-47(61,65-38)25-36(53)35(52)20-19-31(49)21-32(50)22-33(51)23-39(55)62-29(3)28(2)42(27)56/h5-18,27-38,40-44,46,49-54,56-58,61H,19-26,48H2,1-4H3,(H,59,60)/b6-5+,9-7+,10-8+,13-11+,14-12+,17-15+,18-16+/t27-,28-,29-,30+,31?,32+,33+,34-,35?,36+,37-,38-,40+,41-,42+,43+,44-,46-,47+/m0/s1. The van der Waals surface area contributed by atoms with E-state index in [1.807, 2.05) is 13.0 Å². The van der Waals surface area contributed by atoms with Gasteiger partial charge in [0.25, 0.3) is 0 Å². The maximum absolute atomic E-state index is 12.6. The molecule has 18 heteroatoms. The summed E-state index contributed by atoms with van der Waals surface area (Å²) in [5.74, 6) is -6.88. The first-order valence-electron chi connectivity index (χ1n) is 22.3. The summed E-state index contributed by atoms with van der Waals surface area (Å²) >= 11 is 0. The van der Waals surface area contributed by atoms with Crippen LogP contribution in [0, 0.1) is 17.8 Å². The number of carbonyl (C=O) groups is 2. The number of esters is 1. The Morgan fingerprint density at radius 1 is 0.662 bits per heavy atom. The van der Waals surface area contributed by atoms with E-state index in [2.05, 4.69) is 0 Å². The molecular formula is C47H73NO17. The second-order valence-corrected chi connectivity index (χ2v) is 17.6. The molecule has 2 bridgehead atoms. The van der Waals surface area contributed by atoms with Crippen LogP contribution >= 0.6 is 0 Å². The Hall–Kier alpha value is -3.44. The summed E-state index contributed by atoms with van der Waals surface area (Å²) in [5.41, 5.74) is 6.02. The third kappa shape index (κ3) is 18.6. The van der Waals surface area contributed by atoms with Crippen molar-refractivity contribution >= 4 is 11.9 Å². The van der Waals surface area contributed by atoms with Crippen molar-refractivity contribution in [3.05, 3.63) is 85.1 Å². The van der Waals surface area contributed by atoms with Gasteiger partial charge < -0.3 is 80.9 Å². The van der Waals surface area contributed by atoms with Gasteiger partial charge in [-0.3, -0.25) is 9.59 Å². The third-order valence-corrected chi connectivity index (χ3v) is 12.0. The third-order valence-electron chi connectivity index (χ3n) is 12.0. The van der Waals surface area contributed by atoms with Crippen molar-refractivity contribution in [1.29, 1.82) is 0 Å². The van der Waals surface area contributed by atoms with Crippen molar-refractivity contribution in [2.75, 3.05) is 0 Å². The first-order chi connectivity index (χ1) is 30.6. The summed E-state index contributed by atoms with van der Waals surface area (Å²) in [7, 11) is 0. The average Bonchev–Trinajstić information content (AvgIpc) is 3.21. The first-order valence-corrected chi connectivity index (χ1v) is 22.3. The fourth-order valence-corrected chi connectivity index (χ4v) is 7.96. The molecule has 0 saturated carbocycles. The molecule has 2 fully saturated rings. The molecule has 0 aromatic heterocycles.